The number of likely N-dealkylation sites (N-methyl/N-ethyl adjacent to an activating group) is 1. The number of amides is 1. The van der Waals surface area contributed by atoms with Crippen LogP contribution in [0.1, 0.15) is 17.0 Å². The number of nitrogens with one attached hydrogen (secondary N) is 1. The Morgan fingerprint density at radius 1 is 1.53 bits per heavy atom. The summed E-state index contributed by atoms with van der Waals surface area (Å²) in [7, 11) is 1.49. The average Bonchev–Trinajstić information content (AvgIpc) is 2.36. The van der Waals surface area contributed by atoms with E-state index in [9.17, 15) is 9.59 Å². The van der Waals surface area contributed by atoms with Gasteiger partial charge in [0.15, 0.2) is 0 Å². The fraction of sp³-hybridized carbons (Fsp3) is 0.385. The van der Waals surface area contributed by atoms with Crippen LogP contribution in [0.25, 0.3) is 0 Å². The highest BCUT2D eigenvalue weighted by molar-refractivity contribution is 6.31. The topological polar surface area (TPSA) is 69.6 Å². The summed E-state index contributed by atoms with van der Waals surface area (Å²) in [5.74, 6) is -1.69. The first-order chi connectivity index (χ1) is 9.00. The molecule has 2 rings (SSSR count). The molecule has 19 heavy (non-hydrogen) atoms. The van der Waals surface area contributed by atoms with Crippen LogP contribution in [0.15, 0.2) is 18.2 Å². The number of carboxylic acid groups (broad SMARTS) is 1. The summed E-state index contributed by atoms with van der Waals surface area (Å²) in [5.41, 5.74) is 1.80. The van der Waals surface area contributed by atoms with E-state index in [0.29, 0.717) is 18.1 Å². The van der Waals surface area contributed by atoms with E-state index in [1.54, 1.807) is 6.07 Å². The van der Waals surface area contributed by atoms with E-state index >= 15 is 0 Å². The van der Waals surface area contributed by atoms with Gasteiger partial charge in [-0.1, -0.05) is 23.7 Å². The lowest BCUT2D eigenvalue weighted by Crippen LogP contribution is -2.41. The minimum absolute atomic E-state index is 0.232. The number of carboxylic acids is 1. The number of nitrogens with zero attached hydrogens (tertiary/aromatic N) is 1. The molecule has 2 N–H and O–H groups in total. The molecule has 0 fully saturated rings. The lowest BCUT2D eigenvalue weighted by atomic mass is 9.89. The lowest BCUT2D eigenvalue weighted by molar-refractivity contribution is -0.144. The molecule has 6 heteroatoms. The summed E-state index contributed by atoms with van der Waals surface area (Å²) < 4.78 is 0. The van der Waals surface area contributed by atoms with Gasteiger partial charge in [0, 0.05) is 25.2 Å². The number of halogens is 1. The maximum atomic E-state index is 12.3. The van der Waals surface area contributed by atoms with E-state index in [0.717, 1.165) is 11.1 Å². The van der Waals surface area contributed by atoms with Crippen LogP contribution in [-0.4, -0.2) is 42.0 Å². The molecule has 0 radical (unpaired) electrons. The maximum absolute atomic E-state index is 12.3. The molecule has 1 unspecified atom stereocenters. The van der Waals surface area contributed by atoms with Crippen LogP contribution >= 0.6 is 11.6 Å². The lowest BCUT2D eigenvalue weighted by Gasteiger charge is -2.29. The molecule has 1 heterocycles. The zero-order valence-electron chi connectivity index (χ0n) is 10.5. The largest absolute Gasteiger partial charge is 0.480 e. The van der Waals surface area contributed by atoms with Gasteiger partial charge < -0.3 is 15.3 Å². The molecule has 1 aromatic rings. The Morgan fingerprint density at radius 2 is 2.26 bits per heavy atom. The van der Waals surface area contributed by atoms with Gasteiger partial charge in [0.25, 0.3) is 0 Å². The SMILES string of the molecule is CN(CC(=O)O)C(=O)C1CNCc2cccc(Cl)c21. The van der Waals surface area contributed by atoms with Crippen molar-refractivity contribution in [3.8, 4) is 0 Å². The number of benzene rings is 1. The highest BCUT2D eigenvalue weighted by atomic mass is 35.5. The molecular formula is C13H15ClN2O3. The normalized spacial score (nSPS) is 17.7. The third-order valence-electron chi connectivity index (χ3n) is 3.20. The number of aliphatic carboxylic acids is 1. The molecule has 0 aromatic heterocycles. The highest BCUT2D eigenvalue weighted by Gasteiger charge is 2.30. The molecule has 1 atom stereocenters. The van der Waals surface area contributed by atoms with Crippen molar-refractivity contribution in [2.45, 2.75) is 12.5 Å². The van der Waals surface area contributed by atoms with Crippen LogP contribution in [0.4, 0.5) is 0 Å². The standard InChI is InChI=1S/C13H15ClN2O3/c1-16(7-11(17)18)13(19)9-6-15-5-8-3-2-4-10(14)12(8)9/h2-4,9,15H,5-7H2,1H3,(H,17,18). The molecule has 0 spiro atoms. The molecule has 0 saturated heterocycles. The Labute approximate surface area is 116 Å². The van der Waals surface area contributed by atoms with Crippen molar-refractivity contribution in [3.05, 3.63) is 34.3 Å². The van der Waals surface area contributed by atoms with Crippen molar-refractivity contribution in [1.29, 1.82) is 0 Å². The predicted octanol–water partition coefficient (Wildman–Crippen LogP) is 1.07. The first-order valence-electron chi connectivity index (χ1n) is 5.95. The second kappa shape index (κ2) is 5.59. The van der Waals surface area contributed by atoms with Crippen LogP contribution < -0.4 is 5.32 Å². The summed E-state index contributed by atoms with van der Waals surface area (Å²) >= 11 is 6.18. The number of carbonyl (C=O) groups is 2. The molecule has 1 aliphatic rings. The van der Waals surface area contributed by atoms with Crippen molar-refractivity contribution in [1.82, 2.24) is 10.2 Å². The fourth-order valence-electron chi connectivity index (χ4n) is 2.34. The second-order valence-electron chi connectivity index (χ2n) is 4.58. The fourth-order valence-corrected chi connectivity index (χ4v) is 2.66. The Bertz CT molecular complexity index is 519. The van der Waals surface area contributed by atoms with Crippen molar-refractivity contribution in [2.75, 3.05) is 20.1 Å². The van der Waals surface area contributed by atoms with Gasteiger partial charge in [0.2, 0.25) is 5.91 Å². The molecule has 5 nitrogen and oxygen atoms in total. The Kier molecular flexibility index (Phi) is 4.07. The summed E-state index contributed by atoms with van der Waals surface area (Å²) in [6.45, 7) is 0.830. The quantitative estimate of drug-likeness (QED) is 0.870. The van der Waals surface area contributed by atoms with Crippen molar-refractivity contribution < 1.29 is 14.7 Å². The third kappa shape index (κ3) is 2.88. The summed E-state index contributed by atoms with van der Waals surface area (Å²) in [6, 6.07) is 5.52. The van der Waals surface area contributed by atoms with Crippen molar-refractivity contribution in [2.24, 2.45) is 0 Å². The molecule has 0 bridgehead atoms. The Morgan fingerprint density at radius 3 is 2.95 bits per heavy atom. The zero-order valence-corrected chi connectivity index (χ0v) is 11.3. The molecular weight excluding hydrogens is 268 g/mol. The van der Waals surface area contributed by atoms with E-state index in [4.69, 9.17) is 16.7 Å². The molecule has 1 aliphatic heterocycles. The first kappa shape index (κ1) is 13.8. The van der Waals surface area contributed by atoms with Crippen molar-refractivity contribution in [3.63, 3.8) is 0 Å². The van der Waals surface area contributed by atoms with Crippen LogP contribution in [-0.2, 0) is 16.1 Å². The molecule has 1 aromatic carbocycles. The van der Waals surface area contributed by atoms with Gasteiger partial charge in [0.1, 0.15) is 6.54 Å². The van der Waals surface area contributed by atoms with Gasteiger partial charge in [-0.15, -0.1) is 0 Å². The van der Waals surface area contributed by atoms with E-state index in [2.05, 4.69) is 5.32 Å². The monoisotopic (exact) mass is 282 g/mol. The van der Waals surface area contributed by atoms with Gasteiger partial charge >= 0.3 is 5.97 Å². The second-order valence-corrected chi connectivity index (χ2v) is 4.99. The van der Waals surface area contributed by atoms with Crippen LogP contribution in [0, 0.1) is 0 Å². The van der Waals surface area contributed by atoms with Crippen LogP contribution in [0.2, 0.25) is 5.02 Å². The van der Waals surface area contributed by atoms with Crippen LogP contribution in [0.5, 0.6) is 0 Å². The molecule has 102 valence electrons. The van der Waals surface area contributed by atoms with Gasteiger partial charge in [0.05, 0.1) is 5.92 Å². The molecule has 0 aliphatic carbocycles. The summed E-state index contributed by atoms with van der Waals surface area (Å²) in [4.78, 5) is 24.2. The Balaban J connectivity index is 2.28. The van der Waals surface area contributed by atoms with Gasteiger partial charge in [-0.2, -0.15) is 0 Å². The number of hydrogen-bond donors (Lipinski definition) is 2. The maximum Gasteiger partial charge on any atom is 0.323 e. The van der Waals surface area contributed by atoms with Crippen LogP contribution in [0.3, 0.4) is 0 Å². The summed E-state index contributed by atoms with van der Waals surface area (Å²) in [6.07, 6.45) is 0. The molecule has 0 saturated carbocycles. The third-order valence-corrected chi connectivity index (χ3v) is 3.53. The van der Waals surface area contributed by atoms with E-state index in [1.807, 2.05) is 12.1 Å². The zero-order chi connectivity index (χ0) is 14.0. The van der Waals surface area contributed by atoms with E-state index < -0.39 is 11.9 Å². The smallest absolute Gasteiger partial charge is 0.323 e. The highest BCUT2D eigenvalue weighted by Crippen LogP contribution is 2.31. The number of hydrogen-bond acceptors (Lipinski definition) is 3. The minimum Gasteiger partial charge on any atom is -0.480 e. The molecule has 1 amide bonds. The minimum atomic E-state index is -1.03. The average molecular weight is 283 g/mol. The first-order valence-corrected chi connectivity index (χ1v) is 6.33. The van der Waals surface area contributed by atoms with E-state index in [1.165, 1.54) is 11.9 Å². The van der Waals surface area contributed by atoms with Gasteiger partial charge in [-0.25, -0.2) is 0 Å². The predicted molar refractivity (Wildman–Crippen MR) is 71.2 cm³/mol. The summed E-state index contributed by atoms with van der Waals surface area (Å²) in [5, 5.41) is 12.5. The number of rotatable bonds is 3. The number of fused-ring (bicyclic) bond motifs is 1. The number of carbonyl (C=O) groups excluding carboxylic acids is 1. The van der Waals surface area contributed by atoms with Gasteiger partial charge in [-0.05, 0) is 17.2 Å². The Hall–Kier alpha value is -1.59. The van der Waals surface area contributed by atoms with E-state index in [-0.39, 0.29) is 12.5 Å². The van der Waals surface area contributed by atoms with Gasteiger partial charge in [-0.3, -0.25) is 9.59 Å². The van der Waals surface area contributed by atoms with Crippen molar-refractivity contribution >= 4 is 23.5 Å².